The van der Waals surface area contributed by atoms with Gasteiger partial charge < -0.3 is 10.1 Å². The van der Waals surface area contributed by atoms with Crippen LogP contribution in [0.4, 0.5) is 5.69 Å². The molecule has 0 unspecified atom stereocenters. The summed E-state index contributed by atoms with van der Waals surface area (Å²) in [6.45, 7) is 1.05. The average molecular weight is 480 g/mol. The molecule has 4 aliphatic carbocycles. The highest BCUT2D eigenvalue weighted by molar-refractivity contribution is 9.10. The van der Waals surface area contributed by atoms with E-state index < -0.39 is 0 Å². The molecule has 0 amide bonds. The van der Waals surface area contributed by atoms with Gasteiger partial charge in [0.2, 0.25) is 0 Å². The molecule has 31 heavy (non-hydrogen) atoms. The predicted octanol–water partition coefficient (Wildman–Crippen LogP) is 6.66. The standard InChI is InChI=1S/C27H30BrNO2/c1-31-25(30)20-5-10-23-19(17-20)3-2-4-24(23)29-18-26-11-14-27(15-12-26,16-13-26)21-6-8-22(28)9-7-21/h2-4,6-9,17,29H,5,10-16,18H2,1H3. The molecule has 0 aromatic heterocycles. The minimum atomic E-state index is -0.207. The first-order chi connectivity index (χ1) is 15.0. The second kappa shape index (κ2) is 8.12. The van der Waals surface area contributed by atoms with E-state index >= 15 is 0 Å². The molecule has 0 saturated heterocycles. The van der Waals surface area contributed by atoms with E-state index in [1.165, 1.54) is 62.4 Å². The summed E-state index contributed by atoms with van der Waals surface area (Å²) in [6, 6.07) is 15.4. The molecule has 1 N–H and O–H groups in total. The van der Waals surface area contributed by atoms with Crippen molar-refractivity contribution in [2.45, 2.75) is 56.8 Å². The van der Waals surface area contributed by atoms with E-state index in [2.05, 4.69) is 63.7 Å². The Morgan fingerprint density at radius 3 is 2.39 bits per heavy atom. The van der Waals surface area contributed by atoms with Crippen LogP contribution in [-0.4, -0.2) is 19.6 Å². The Kier molecular flexibility index (Phi) is 5.45. The van der Waals surface area contributed by atoms with E-state index in [0.717, 1.165) is 35.0 Å². The van der Waals surface area contributed by atoms with Crippen molar-refractivity contribution in [1.82, 2.24) is 0 Å². The molecule has 3 saturated carbocycles. The molecule has 0 radical (unpaired) electrons. The monoisotopic (exact) mass is 479 g/mol. The van der Waals surface area contributed by atoms with Gasteiger partial charge in [-0.2, -0.15) is 0 Å². The number of benzene rings is 2. The maximum Gasteiger partial charge on any atom is 0.333 e. The molecule has 2 bridgehead atoms. The van der Waals surface area contributed by atoms with Crippen LogP contribution >= 0.6 is 15.9 Å². The molecule has 0 heterocycles. The fraction of sp³-hybridized carbons (Fsp3) is 0.444. The summed E-state index contributed by atoms with van der Waals surface area (Å²) in [5.74, 6) is -0.207. The summed E-state index contributed by atoms with van der Waals surface area (Å²) in [5, 5.41) is 3.83. The third kappa shape index (κ3) is 3.84. The van der Waals surface area contributed by atoms with Crippen LogP contribution in [0.5, 0.6) is 0 Å². The van der Waals surface area contributed by atoms with Crippen molar-refractivity contribution >= 4 is 33.7 Å². The fourth-order valence-corrected chi connectivity index (χ4v) is 6.31. The highest BCUT2D eigenvalue weighted by Crippen LogP contribution is 2.57. The van der Waals surface area contributed by atoms with Gasteiger partial charge in [0.25, 0.3) is 0 Å². The smallest absolute Gasteiger partial charge is 0.333 e. The number of nitrogens with one attached hydrogen (secondary N) is 1. The number of methoxy groups -OCH3 is 1. The van der Waals surface area contributed by atoms with E-state index in [4.69, 9.17) is 4.74 Å². The lowest BCUT2D eigenvalue weighted by Gasteiger charge is -2.54. The van der Waals surface area contributed by atoms with Crippen molar-refractivity contribution in [3.8, 4) is 0 Å². The number of rotatable bonds is 5. The van der Waals surface area contributed by atoms with Crippen molar-refractivity contribution in [2.75, 3.05) is 19.0 Å². The first-order valence-electron chi connectivity index (χ1n) is 11.4. The van der Waals surface area contributed by atoms with Crippen LogP contribution in [0.25, 0.3) is 6.08 Å². The maximum absolute atomic E-state index is 11.9. The predicted molar refractivity (Wildman–Crippen MR) is 129 cm³/mol. The Labute approximate surface area is 193 Å². The minimum absolute atomic E-state index is 0.207. The third-order valence-electron chi connectivity index (χ3n) is 8.15. The van der Waals surface area contributed by atoms with E-state index in [0.29, 0.717) is 10.8 Å². The normalized spacial score (nSPS) is 26.7. The number of ether oxygens (including phenoxy) is 1. The molecular weight excluding hydrogens is 450 g/mol. The van der Waals surface area contributed by atoms with E-state index in [1.807, 2.05) is 6.08 Å². The van der Waals surface area contributed by atoms with Crippen molar-refractivity contribution in [2.24, 2.45) is 5.41 Å². The van der Waals surface area contributed by atoms with Gasteiger partial charge in [-0.3, -0.25) is 0 Å². The summed E-state index contributed by atoms with van der Waals surface area (Å²) in [5.41, 5.74) is 6.84. The van der Waals surface area contributed by atoms with Crippen LogP contribution < -0.4 is 5.32 Å². The van der Waals surface area contributed by atoms with Crippen molar-refractivity contribution in [3.05, 3.63) is 69.2 Å². The Morgan fingerprint density at radius 2 is 1.71 bits per heavy atom. The van der Waals surface area contributed by atoms with Gasteiger partial charge >= 0.3 is 5.97 Å². The van der Waals surface area contributed by atoms with Crippen LogP contribution in [0.3, 0.4) is 0 Å². The molecule has 0 spiro atoms. The molecule has 3 fully saturated rings. The Bertz CT molecular complexity index is 1000. The van der Waals surface area contributed by atoms with Gasteiger partial charge in [0, 0.05) is 22.3 Å². The summed E-state index contributed by atoms with van der Waals surface area (Å²) < 4.78 is 6.08. The van der Waals surface area contributed by atoms with Gasteiger partial charge in [-0.25, -0.2) is 4.79 Å². The number of fused-ring (bicyclic) bond motifs is 4. The van der Waals surface area contributed by atoms with Gasteiger partial charge in [-0.1, -0.05) is 40.2 Å². The zero-order chi connectivity index (χ0) is 21.5. The van der Waals surface area contributed by atoms with Gasteiger partial charge in [0.15, 0.2) is 0 Å². The minimum Gasteiger partial charge on any atom is -0.466 e. The molecular formula is C27H30BrNO2. The van der Waals surface area contributed by atoms with Crippen LogP contribution in [-0.2, 0) is 21.4 Å². The zero-order valence-corrected chi connectivity index (χ0v) is 19.8. The zero-order valence-electron chi connectivity index (χ0n) is 18.2. The number of esters is 1. The SMILES string of the molecule is COC(=O)C1=Cc2cccc(NCC34CCC(c5ccc(Br)cc5)(CC3)CC4)c2CC1. The molecule has 0 aliphatic heterocycles. The van der Waals surface area contributed by atoms with Gasteiger partial charge in [0.1, 0.15) is 0 Å². The Morgan fingerprint density at radius 1 is 1.00 bits per heavy atom. The first kappa shape index (κ1) is 20.8. The summed E-state index contributed by atoms with van der Waals surface area (Å²) >= 11 is 3.58. The highest BCUT2D eigenvalue weighted by atomic mass is 79.9. The van der Waals surface area contributed by atoms with Crippen LogP contribution in [0.1, 0.15) is 61.6 Å². The van der Waals surface area contributed by atoms with Gasteiger partial charge in [0.05, 0.1) is 7.11 Å². The lowest BCUT2D eigenvalue weighted by atomic mass is 9.52. The Balaban J connectivity index is 1.28. The quantitative estimate of drug-likeness (QED) is 0.487. The molecule has 6 rings (SSSR count). The molecule has 4 heteroatoms. The number of halogens is 1. The first-order valence-corrected chi connectivity index (χ1v) is 12.2. The molecule has 4 aliphatic rings. The molecule has 162 valence electrons. The summed E-state index contributed by atoms with van der Waals surface area (Å²) in [6.07, 6.45) is 11.4. The number of carbonyl (C=O) groups excluding carboxylic acids is 1. The lowest BCUT2D eigenvalue weighted by Crippen LogP contribution is -2.47. The number of carbonyl (C=O) groups is 1. The van der Waals surface area contributed by atoms with E-state index in [1.54, 1.807) is 0 Å². The second-order valence-electron chi connectivity index (χ2n) is 9.68. The number of anilines is 1. The van der Waals surface area contributed by atoms with Crippen molar-refractivity contribution in [1.29, 1.82) is 0 Å². The fourth-order valence-electron chi connectivity index (χ4n) is 6.04. The number of hydrogen-bond acceptors (Lipinski definition) is 3. The van der Waals surface area contributed by atoms with Crippen molar-refractivity contribution in [3.63, 3.8) is 0 Å². The third-order valence-corrected chi connectivity index (χ3v) is 8.67. The van der Waals surface area contributed by atoms with Gasteiger partial charge in [-0.05, 0) is 103 Å². The molecule has 2 aromatic rings. The summed E-state index contributed by atoms with van der Waals surface area (Å²) in [7, 11) is 1.45. The molecule has 0 atom stereocenters. The van der Waals surface area contributed by atoms with E-state index in [-0.39, 0.29) is 5.97 Å². The van der Waals surface area contributed by atoms with Crippen LogP contribution in [0.2, 0.25) is 0 Å². The summed E-state index contributed by atoms with van der Waals surface area (Å²) in [4.78, 5) is 11.9. The Hall–Kier alpha value is -2.07. The molecule has 3 nitrogen and oxygen atoms in total. The maximum atomic E-state index is 11.9. The molecule has 2 aromatic carbocycles. The number of hydrogen-bond donors (Lipinski definition) is 1. The van der Waals surface area contributed by atoms with Crippen LogP contribution in [0.15, 0.2) is 52.5 Å². The average Bonchev–Trinajstić information content (AvgIpc) is 2.83. The highest BCUT2D eigenvalue weighted by Gasteiger charge is 2.49. The van der Waals surface area contributed by atoms with E-state index in [9.17, 15) is 4.79 Å². The topological polar surface area (TPSA) is 38.3 Å². The van der Waals surface area contributed by atoms with Crippen molar-refractivity contribution < 1.29 is 9.53 Å². The second-order valence-corrected chi connectivity index (χ2v) is 10.6. The van der Waals surface area contributed by atoms with Gasteiger partial charge in [-0.15, -0.1) is 0 Å². The largest absolute Gasteiger partial charge is 0.466 e. The lowest BCUT2D eigenvalue weighted by molar-refractivity contribution is -0.136. The van der Waals surface area contributed by atoms with Crippen LogP contribution in [0, 0.1) is 5.41 Å².